The van der Waals surface area contributed by atoms with E-state index in [0.717, 1.165) is 16.5 Å². The summed E-state index contributed by atoms with van der Waals surface area (Å²) in [6.45, 7) is 2.06. The second kappa shape index (κ2) is 25.1. The third kappa shape index (κ3) is 14.5. The Hall–Kier alpha value is -5.47. The monoisotopic (exact) mass is 937 g/mol. The highest BCUT2D eigenvalue weighted by Gasteiger charge is 2.40. The zero-order valence-electron chi connectivity index (χ0n) is 35.5. The summed E-state index contributed by atoms with van der Waals surface area (Å²) < 4.78 is 0. The molecular weight excluding hydrogens is 879 g/mol. The Kier molecular flexibility index (Phi) is 20.8. The summed E-state index contributed by atoms with van der Waals surface area (Å²) in [6.07, 6.45) is 0.889. The minimum atomic E-state index is -1.67. The quantitative estimate of drug-likeness (QED) is 0.0438. The molecule has 9 amide bonds. The van der Waals surface area contributed by atoms with Crippen molar-refractivity contribution in [3.05, 3.63) is 36.0 Å². The van der Waals surface area contributed by atoms with Crippen LogP contribution < -0.4 is 48.7 Å². The number of rotatable bonds is 24. The van der Waals surface area contributed by atoms with Gasteiger partial charge in [-0.05, 0) is 43.7 Å². The molecule has 64 heavy (non-hydrogen) atoms. The highest BCUT2D eigenvalue weighted by molar-refractivity contribution is 7.80. The van der Waals surface area contributed by atoms with Crippen molar-refractivity contribution >= 4 is 89.3 Å². The summed E-state index contributed by atoms with van der Waals surface area (Å²) in [4.78, 5) is 121. The van der Waals surface area contributed by atoms with Gasteiger partial charge in [0.1, 0.15) is 42.3 Å². The average molecular weight is 938 g/mol. The first kappa shape index (κ1) is 52.9. The van der Waals surface area contributed by atoms with Crippen molar-refractivity contribution in [3.8, 4) is 0 Å². The van der Waals surface area contributed by atoms with Crippen LogP contribution in [0.3, 0.4) is 0 Å². The molecular formula is C39H59N11O12S2. The molecule has 354 valence electrons. The second-order valence-electron chi connectivity index (χ2n) is 15.5. The number of benzene rings is 1. The smallest absolute Gasteiger partial charge is 0.248 e. The van der Waals surface area contributed by atoms with Gasteiger partial charge < -0.3 is 73.9 Å². The number of nitrogens with zero attached hydrogens (tertiary/aromatic N) is 1. The zero-order valence-corrected chi connectivity index (χ0v) is 37.3. The van der Waals surface area contributed by atoms with Gasteiger partial charge in [-0.2, -0.15) is 25.3 Å². The van der Waals surface area contributed by atoms with Gasteiger partial charge >= 0.3 is 0 Å². The van der Waals surface area contributed by atoms with E-state index in [1.54, 1.807) is 6.20 Å². The van der Waals surface area contributed by atoms with E-state index in [1.807, 2.05) is 24.3 Å². The summed E-state index contributed by atoms with van der Waals surface area (Å²) >= 11 is 8.18. The van der Waals surface area contributed by atoms with Crippen LogP contribution in [0.15, 0.2) is 30.5 Å². The van der Waals surface area contributed by atoms with Crippen molar-refractivity contribution in [2.24, 2.45) is 17.4 Å². The van der Waals surface area contributed by atoms with Crippen molar-refractivity contribution in [1.82, 2.24) is 47.1 Å². The molecule has 0 spiro atoms. The maximum absolute atomic E-state index is 13.6. The minimum Gasteiger partial charge on any atom is -0.394 e. The van der Waals surface area contributed by atoms with Crippen LogP contribution in [0.5, 0.6) is 0 Å². The number of hydrogen-bond donors (Lipinski definition) is 15. The zero-order chi connectivity index (χ0) is 47.8. The fraction of sp³-hybridized carbons (Fsp3) is 0.564. The summed E-state index contributed by atoms with van der Waals surface area (Å²) in [5.74, 6) is -9.06. The maximum atomic E-state index is 13.6. The lowest BCUT2D eigenvalue weighted by molar-refractivity contribution is -0.143. The fourth-order valence-corrected chi connectivity index (χ4v) is 7.23. The largest absolute Gasteiger partial charge is 0.394 e. The van der Waals surface area contributed by atoms with E-state index in [1.165, 1.54) is 25.7 Å². The van der Waals surface area contributed by atoms with Gasteiger partial charge in [0, 0.05) is 35.2 Å². The standard InChI is InChI=1S/C39H59N11O12S2/c1-18(2)30(37(60)49-31(19(3)53)38(61)47-26(16-63)33(56)43-13-29(41)54)48-34(57)24(14-51)44-35(58)27(17-64)46-36(59)28-9-6-10-50(28)39(62)25(15-52)45-32(55)22(40)11-20-12-42-23-8-5-4-7-21(20)23/h4-5,7-8,12,18-19,22,24-28,30-31,42,51-53,63-64H,6,9-11,13-17,40H2,1-3H3,(H2,41,54)(H,43,56)(H,44,58)(H,45,55)(H,46,59)(H,47,61)(H,48,57)(H,49,60). The van der Waals surface area contributed by atoms with Gasteiger partial charge in [-0.3, -0.25) is 43.2 Å². The predicted octanol–water partition coefficient (Wildman–Crippen LogP) is -5.58. The van der Waals surface area contributed by atoms with E-state index in [9.17, 15) is 58.5 Å². The summed E-state index contributed by atoms with van der Waals surface area (Å²) in [5, 5.41) is 47.9. The Bertz CT molecular complexity index is 2000. The third-order valence-electron chi connectivity index (χ3n) is 10.3. The van der Waals surface area contributed by atoms with Crippen LogP contribution in [-0.4, -0.2) is 171 Å². The Morgan fingerprint density at radius 2 is 1.33 bits per heavy atom. The highest BCUT2D eigenvalue weighted by Crippen LogP contribution is 2.21. The van der Waals surface area contributed by atoms with Crippen molar-refractivity contribution in [3.63, 3.8) is 0 Å². The predicted molar refractivity (Wildman–Crippen MR) is 237 cm³/mol. The number of aliphatic hydroxyl groups is 3. The highest BCUT2D eigenvalue weighted by atomic mass is 32.1. The number of aromatic amines is 1. The number of thiol groups is 2. The third-order valence-corrected chi connectivity index (χ3v) is 11.0. The molecule has 25 heteroatoms. The fourth-order valence-electron chi connectivity index (χ4n) is 6.72. The molecule has 1 aliphatic heterocycles. The van der Waals surface area contributed by atoms with Gasteiger partial charge in [0.05, 0.1) is 31.9 Å². The van der Waals surface area contributed by atoms with Gasteiger partial charge in [-0.25, -0.2) is 0 Å². The molecule has 15 N–H and O–H groups in total. The Morgan fingerprint density at radius 3 is 1.92 bits per heavy atom. The number of para-hydroxylation sites is 1. The number of fused-ring (bicyclic) bond motifs is 1. The van der Waals surface area contributed by atoms with E-state index in [4.69, 9.17) is 11.5 Å². The molecule has 9 unspecified atom stereocenters. The Labute approximate surface area is 379 Å². The first-order valence-corrected chi connectivity index (χ1v) is 21.7. The summed E-state index contributed by atoms with van der Waals surface area (Å²) in [5.41, 5.74) is 12.8. The van der Waals surface area contributed by atoms with E-state index < -0.39 is 133 Å². The van der Waals surface area contributed by atoms with Crippen LogP contribution in [0.2, 0.25) is 0 Å². The SMILES string of the molecule is CC(C)C(NC(=O)C(CO)NC(=O)C(CS)NC(=O)C1CCCN1C(=O)C(CO)NC(=O)C(N)Cc1c[nH]c2ccccc12)C(=O)NC(C(=O)NC(CS)C(=O)NCC(N)=O)C(C)O. The lowest BCUT2D eigenvalue weighted by Gasteiger charge is -2.30. The molecule has 23 nitrogen and oxygen atoms in total. The first-order chi connectivity index (χ1) is 30.3. The molecule has 0 aliphatic carbocycles. The van der Waals surface area contributed by atoms with Gasteiger partial charge in [-0.1, -0.05) is 32.0 Å². The molecule has 2 heterocycles. The van der Waals surface area contributed by atoms with Gasteiger partial charge in [-0.15, -0.1) is 0 Å². The van der Waals surface area contributed by atoms with Crippen molar-refractivity contribution in [2.45, 2.75) is 94.5 Å². The molecule has 0 radical (unpaired) electrons. The van der Waals surface area contributed by atoms with Gasteiger partial charge in [0.2, 0.25) is 53.2 Å². The minimum absolute atomic E-state index is 0.0914. The molecule has 1 saturated heterocycles. The Morgan fingerprint density at radius 1 is 0.766 bits per heavy atom. The number of aromatic nitrogens is 1. The molecule has 3 rings (SSSR count). The average Bonchev–Trinajstić information content (AvgIpc) is 3.92. The van der Waals surface area contributed by atoms with Gasteiger partial charge in [0.25, 0.3) is 0 Å². The molecule has 0 saturated carbocycles. The Balaban J connectivity index is 1.61. The second-order valence-corrected chi connectivity index (χ2v) is 16.2. The lowest BCUT2D eigenvalue weighted by atomic mass is 10.0. The van der Waals surface area contributed by atoms with E-state index in [0.29, 0.717) is 6.42 Å². The number of H-pyrrole nitrogens is 1. The van der Waals surface area contributed by atoms with Crippen molar-refractivity contribution in [1.29, 1.82) is 0 Å². The van der Waals surface area contributed by atoms with Crippen LogP contribution in [0.25, 0.3) is 10.9 Å². The van der Waals surface area contributed by atoms with Gasteiger partial charge in [0.15, 0.2) is 0 Å². The van der Waals surface area contributed by atoms with Crippen LogP contribution in [0.1, 0.15) is 39.2 Å². The molecule has 1 aliphatic rings. The number of carbonyl (C=O) groups excluding carboxylic acids is 9. The topological polar surface area (TPSA) is 370 Å². The maximum Gasteiger partial charge on any atom is 0.248 e. The normalized spacial score (nSPS) is 17.4. The number of aliphatic hydroxyl groups excluding tert-OH is 3. The van der Waals surface area contributed by atoms with Crippen LogP contribution >= 0.6 is 25.3 Å². The van der Waals surface area contributed by atoms with E-state index in [-0.39, 0.29) is 30.9 Å². The van der Waals surface area contributed by atoms with Crippen molar-refractivity contribution in [2.75, 3.05) is 37.8 Å². The van der Waals surface area contributed by atoms with E-state index >= 15 is 0 Å². The lowest BCUT2D eigenvalue weighted by Crippen LogP contribution is -2.63. The number of nitrogens with two attached hydrogens (primary N) is 2. The molecule has 2 aromatic rings. The van der Waals surface area contributed by atoms with Crippen LogP contribution in [0.4, 0.5) is 0 Å². The number of hydrogen-bond acceptors (Lipinski definition) is 15. The number of carbonyl (C=O) groups is 9. The first-order valence-electron chi connectivity index (χ1n) is 20.4. The molecule has 9 atom stereocenters. The molecule has 1 aromatic heterocycles. The van der Waals surface area contributed by atoms with Crippen molar-refractivity contribution < 1.29 is 58.5 Å². The van der Waals surface area contributed by atoms with Crippen LogP contribution in [0, 0.1) is 5.92 Å². The van der Waals surface area contributed by atoms with Crippen LogP contribution in [-0.2, 0) is 49.6 Å². The van der Waals surface area contributed by atoms with E-state index in [2.05, 4.69) is 67.5 Å². The number of primary amides is 1. The number of likely N-dealkylation sites (tertiary alicyclic amines) is 1. The molecule has 1 aromatic carbocycles. The molecule has 1 fully saturated rings. The number of nitrogens with one attached hydrogen (secondary N) is 8. The molecule has 0 bridgehead atoms. The summed E-state index contributed by atoms with van der Waals surface area (Å²) in [7, 11) is 0. The number of amides is 9. The summed E-state index contributed by atoms with van der Waals surface area (Å²) in [6, 6.07) is -3.62.